The fraction of sp³-hybridized carbons (Fsp3) is 0.545. The van der Waals surface area contributed by atoms with Crippen LogP contribution in [0.1, 0.15) is 18.4 Å². The van der Waals surface area contributed by atoms with Crippen LogP contribution in [-0.2, 0) is 6.42 Å². The summed E-state index contributed by atoms with van der Waals surface area (Å²) in [4.78, 5) is 15.7. The quantitative estimate of drug-likeness (QED) is 0.676. The van der Waals surface area contributed by atoms with E-state index in [4.69, 9.17) is 9.47 Å². The van der Waals surface area contributed by atoms with Gasteiger partial charge in [-0.3, -0.25) is 0 Å². The molecule has 1 saturated heterocycles. The van der Waals surface area contributed by atoms with E-state index in [1.54, 1.807) is 20.5 Å². The van der Waals surface area contributed by atoms with Crippen molar-refractivity contribution in [2.24, 2.45) is 0 Å². The van der Waals surface area contributed by atoms with Gasteiger partial charge < -0.3 is 24.2 Å². The van der Waals surface area contributed by atoms with E-state index in [0.29, 0.717) is 6.04 Å². The van der Waals surface area contributed by atoms with Crippen molar-refractivity contribution in [3.63, 3.8) is 0 Å². The first kappa shape index (κ1) is 21.2. The third-order valence-electron chi connectivity index (χ3n) is 5.64. The van der Waals surface area contributed by atoms with Crippen molar-refractivity contribution in [2.45, 2.75) is 25.3 Å². The summed E-state index contributed by atoms with van der Waals surface area (Å²) >= 11 is 0. The molecule has 0 amide bonds. The van der Waals surface area contributed by atoms with E-state index in [2.05, 4.69) is 45.0 Å². The van der Waals surface area contributed by atoms with E-state index in [0.717, 1.165) is 49.2 Å². The minimum atomic E-state index is 0.515. The highest BCUT2D eigenvalue weighted by Gasteiger charge is 2.24. The number of anilines is 2. The number of hydrogen-bond donors (Lipinski definition) is 0. The van der Waals surface area contributed by atoms with Gasteiger partial charge in [0.25, 0.3) is 0 Å². The summed E-state index contributed by atoms with van der Waals surface area (Å²) in [5, 5.41) is 0. The lowest BCUT2D eigenvalue weighted by molar-refractivity contribution is 0.217. The maximum Gasteiger partial charge on any atom is 0.160 e. The molecule has 1 aromatic carbocycles. The summed E-state index contributed by atoms with van der Waals surface area (Å²) in [5.74, 6) is 3.52. The molecule has 158 valence electrons. The molecule has 29 heavy (non-hydrogen) atoms. The minimum Gasteiger partial charge on any atom is -0.493 e. The SMILES string of the molecule is COc1ccc(CCN(C)[C@@H]2CCCN(c3cc(N(C)C)ncn3)C2)cc1OC. The molecule has 2 heterocycles. The average molecular weight is 400 g/mol. The third-order valence-corrected chi connectivity index (χ3v) is 5.64. The molecule has 0 radical (unpaired) electrons. The topological polar surface area (TPSA) is 54.0 Å². The van der Waals surface area contributed by atoms with Crippen LogP contribution in [0.2, 0.25) is 0 Å². The smallest absolute Gasteiger partial charge is 0.160 e. The fourth-order valence-corrected chi connectivity index (χ4v) is 3.80. The third kappa shape index (κ3) is 5.29. The van der Waals surface area contributed by atoms with Crippen LogP contribution in [0.15, 0.2) is 30.6 Å². The lowest BCUT2D eigenvalue weighted by Gasteiger charge is -2.38. The van der Waals surface area contributed by atoms with Crippen molar-refractivity contribution in [1.29, 1.82) is 0 Å². The van der Waals surface area contributed by atoms with Gasteiger partial charge in [0.1, 0.15) is 18.0 Å². The van der Waals surface area contributed by atoms with E-state index in [-0.39, 0.29) is 0 Å². The number of methoxy groups -OCH3 is 2. The fourth-order valence-electron chi connectivity index (χ4n) is 3.80. The molecule has 7 nitrogen and oxygen atoms in total. The summed E-state index contributed by atoms with van der Waals surface area (Å²) in [5.41, 5.74) is 1.26. The van der Waals surface area contributed by atoms with Gasteiger partial charge in [0.15, 0.2) is 11.5 Å². The van der Waals surface area contributed by atoms with Gasteiger partial charge in [0.2, 0.25) is 0 Å². The zero-order chi connectivity index (χ0) is 20.8. The second-order valence-electron chi connectivity index (χ2n) is 7.79. The van der Waals surface area contributed by atoms with Crippen molar-refractivity contribution in [3.05, 3.63) is 36.2 Å². The molecular weight excluding hydrogens is 366 g/mol. The molecule has 3 rings (SSSR count). The Morgan fingerprint density at radius 3 is 2.59 bits per heavy atom. The lowest BCUT2D eigenvalue weighted by atomic mass is 10.0. The summed E-state index contributed by atoms with van der Waals surface area (Å²) < 4.78 is 10.8. The Kier molecular flexibility index (Phi) is 7.14. The van der Waals surface area contributed by atoms with E-state index in [1.165, 1.54) is 18.4 Å². The number of piperidine rings is 1. The monoisotopic (exact) mass is 399 g/mol. The molecule has 1 aliphatic rings. The number of aromatic nitrogens is 2. The Balaban J connectivity index is 1.60. The van der Waals surface area contributed by atoms with Crippen molar-refractivity contribution >= 4 is 11.6 Å². The molecule has 1 aliphatic heterocycles. The van der Waals surface area contributed by atoms with Crippen molar-refractivity contribution in [2.75, 3.05) is 64.8 Å². The van der Waals surface area contributed by atoms with Gasteiger partial charge in [0, 0.05) is 45.8 Å². The predicted octanol–water partition coefficient (Wildman–Crippen LogP) is 2.70. The number of rotatable bonds is 8. The Labute approximate surface area is 174 Å². The Bertz CT molecular complexity index is 799. The van der Waals surface area contributed by atoms with Gasteiger partial charge in [-0.1, -0.05) is 6.07 Å². The standard InChI is InChI=1S/C22H33N5O2/c1-25(2)21-14-22(24-16-23-21)27-11-6-7-18(15-27)26(3)12-10-17-8-9-19(28-4)20(13-17)29-5/h8-9,13-14,16,18H,6-7,10-12,15H2,1-5H3/t18-/m1/s1. The summed E-state index contributed by atoms with van der Waals surface area (Å²) in [6.45, 7) is 3.04. The molecule has 0 saturated carbocycles. The van der Waals surface area contributed by atoms with Crippen molar-refractivity contribution in [3.8, 4) is 11.5 Å². The van der Waals surface area contributed by atoms with E-state index >= 15 is 0 Å². The molecule has 0 unspecified atom stereocenters. The molecule has 0 spiro atoms. The number of ether oxygens (including phenoxy) is 2. The van der Waals surface area contributed by atoms with Gasteiger partial charge in [-0.05, 0) is 44.0 Å². The van der Waals surface area contributed by atoms with Crippen LogP contribution in [0.5, 0.6) is 11.5 Å². The minimum absolute atomic E-state index is 0.515. The summed E-state index contributed by atoms with van der Waals surface area (Å²) in [6.07, 6.45) is 5.03. The molecule has 0 bridgehead atoms. The molecule has 2 aromatic rings. The van der Waals surface area contributed by atoms with Gasteiger partial charge in [-0.15, -0.1) is 0 Å². The van der Waals surface area contributed by atoms with E-state index in [9.17, 15) is 0 Å². The van der Waals surface area contributed by atoms with E-state index in [1.807, 2.05) is 25.1 Å². The van der Waals surface area contributed by atoms with Crippen LogP contribution in [0, 0.1) is 0 Å². The highest BCUT2D eigenvalue weighted by molar-refractivity contribution is 5.49. The molecule has 1 fully saturated rings. The number of nitrogens with zero attached hydrogens (tertiary/aromatic N) is 5. The molecule has 7 heteroatoms. The first-order valence-electron chi connectivity index (χ1n) is 10.2. The molecular formula is C22H33N5O2. The Morgan fingerprint density at radius 2 is 1.86 bits per heavy atom. The first-order chi connectivity index (χ1) is 14.0. The second-order valence-corrected chi connectivity index (χ2v) is 7.79. The van der Waals surface area contributed by atoms with Gasteiger partial charge >= 0.3 is 0 Å². The van der Waals surface area contributed by atoms with Crippen LogP contribution < -0.4 is 19.3 Å². The predicted molar refractivity (Wildman–Crippen MR) is 117 cm³/mol. The van der Waals surface area contributed by atoms with Crippen LogP contribution in [-0.4, -0.2) is 75.9 Å². The highest BCUT2D eigenvalue weighted by Crippen LogP contribution is 2.28. The van der Waals surface area contributed by atoms with Gasteiger partial charge in [0.05, 0.1) is 14.2 Å². The Morgan fingerprint density at radius 1 is 1.07 bits per heavy atom. The second kappa shape index (κ2) is 9.78. The molecule has 0 aliphatic carbocycles. The maximum atomic E-state index is 5.43. The van der Waals surface area contributed by atoms with Crippen LogP contribution in [0.4, 0.5) is 11.6 Å². The number of likely N-dealkylation sites (N-methyl/N-ethyl adjacent to an activating group) is 1. The van der Waals surface area contributed by atoms with Gasteiger partial charge in [-0.25, -0.2) is 9.97 Å². The zero-order valence-electron chi connectivity index (χ0n) is 18.3. The normalized spacial score (nSPS) is 16.8. The van der Waals surface area contributed by atoms with E-state index < -0.39 is 0 Å². The maximum absolute atomic E-state index is 5.43. The average Bonchev–Trinajstić information content (AvgIpc) is 2.77. The lowest BCUT2D eigenvalue weighted by Crippen LogP contribution is -2.47. The number of hydrogen-bond acceptors (Lipinski definition) is 7. The van der Waals surface area contributed by atoms with Crippen molar-refractivity contribution in [1.82, 2.24) is 14.9 Å². The number of benzene rings is 1. The Hall–Kier alpha value is -2.54. The van der Waals surface area contributed by atoms with Crippen molar-refractivity contribution < 1.29 is 9.47 Å². The van der Waals surface area contributed by atoms with Crippen LogP contribution in [0.25, 0.3) is 0 Å². The highest BCUT2D eigenvalue weighted by atomic mass is 16.5. The molecule has 1 atom stereocenters. The summed E-state index contributed by atoms with van der Waals surface area (Å²) in [7, 11) is 9.58. The summed E-state index contributed by atoms with van der Waals surface area (Å²) in [6, 6.07) is 8.76. The molecule has 0 N–H and O–H groups in total. The van der Waals surface area contributed by atoms with Gasteiger partial charge in [-0.2, -0.15) is 0 Å². The van der Waals surface area contributed by atoms with Crippen LogP contribution >= 0.6 is 0 Å². The molecule has 1 aromatic heterocycles. The zero-order valence-corrected chi connectivity index (χ0v) is 18.3. The largest absolute Gasteiger partial charge is 0.493 e. The first-order valence-corrected chi connectivity index (χ1v) is 10.2. The van der Waals surface area contributed by atoms with Crippen LogP contribution in [0.3, 0.4) is 0 Å².